The van der Waals surface area contributed by atoms with Gasteiger partial charge in [0.05, 0.1) is 19.8 Å². The molecule has 1 aromatic heterocycles. The van der Waals surface area contributed by atoms with Gasteiger partial charge in [0.25, 0.3) is 0 Å². The summed E-state index contributed by atoms with van der Waals surface area (Å²) in [5.41, 5.74) is 0.748. The first kappa shape index (κ1) is 16.3. The molecule has 1 amide bonds. The molecule has 128 valence electrons. The SMILES string of the molecule is COc1ccc(-c2nc(NC(=O)C[C@H](C)C3CC3)n[nH]2)c(OC)c1. The number of nitrogens with one attached hydrogen (secondary N) is 2. The number of aromatic nitrogens is 3. The molecule has 1 aliphatic rings. The second-order valence-electron chi connectivity index (χ2n) is 6.14. The van der Waals surface area contributed by atoms with E-state index in [0.29, 0.717) is 35.6 Å². The van der Waals surface area contributed by atoms with Crippen molar-refractivity contribution in [3.05, 3.63) is 18.2 Å². The highest BCUT2D eigenvalue weighted by atomic mass is 16.5. The highest BCUT2D eigenvalue weighted by molar-refractivity contribution is 5.89. The highest BCUT2D eigenvalue weighted by Gasteiger charge is 2.29. The number of carbonyl (C=O) groups is 1. The summed E-state index contributed by atoms with van der Waals surface area (Å²) < 4.78 is 10.5. The van der Waals surface area contributed by atoms with Gasteiger partial charge in [-0.25, -0.2) is 0 Å². The maximum absolute atomic E-state index is 12.1. The molecule has 1 heterocycles. The lowest BCUT2D eigenvalue weighted by atomic mass is 10.0. The Morgan fingerprint density at radius 1 is 1.38 bits per heavy atom. The number of hydrogen-bond donors (Lipinski definition) is 2. The summed E-state index contributed by atoms with van der Waals surface area (Å²) in [6.45, 7) is 2.11. The third-order valence-corrected chi connectivity index (χ3v) is 4.33. The van der Waals surface area contributed by atoms with Crippen LogP contribution in [0.4, 0.5) is 5.95 Å². The molecule has 1 atom stereocenters. The van der Waals surface area contributed by atoms with Crippen LogP contribution in [-0.2, 0) is 4.79 Å². The van der Waals surface area contributed by atoms with Crippen molar-refractivity contribution in [1.29, 1.82) is 0 Å². The Labute approximate surface area is 140 Å². The molecule has 0 unspecified atom stereocenters. The molecule has 24 heavy (non-hydrogen) atoms. The normalized spacial score (nSPS) is 15.0. The summed E-state index contributed by atoms with van der Waals surface area (Å²) in [6, 6.07) is 5.42. The van der Waals surface area contributed by atoms with E-state index in [1.165, 1.54) is 12.8 Å². The van der Waals surface area contributed by atoms with Crippen molar-refractivity contribution in [3.8, 4) is 22.9 Å². The Morgan fingerprint density at radius 3 is 2.83 bits per heavy atom. The van der Waals surface area contributed by atoms with Crippen LogP contribution >= 0.6 is 0 Å². The van der Waals surface area contributed by atoms with Crippen molar-refractivity contribution in [2.24, 2.45) is 11.8 Å². The fourth-order valence-corrected chi connectivity index (χ4v) is 2.73. The van der Waals surface area contributed by atoms with Crippen molar-refractivity contribution >= 4 is 11.9 Å². The van der Waals surface area contributed by atoms with Crippen molar-refractivity contribution in [3.63, 3.8) is 0 Å². The lowest BCUT2D eigenvalue weighted by Crippen LogP contribution is -2.16. The quantitative estimate of drug-likeness (QED) is 0.815. The minimum absolute atomic E-state index is 0.0540. The average Bonchev–Trinajstić information content (AvgIpc) is 3.34. The van der Waals surface area contributed by atoms with Crippen LogP contribution in [0.2, 0.25) is 0 Å². The predicted octanol–water partition coefficient (Wildman–Crippen LogP) is 2.86. The van der Waals surface area contributed by atoms with Crippen LogP contribution in [0.1, 0.15) is 26.2 Å². The van der Waals surface area contributed by atoms with Crippen LogP contribution in [0.15, 0.2) is 18.2 Å². The molecule has 7 nitrogen and oxygen atoms in total. The summed E-state index contributed by atoms with van der Waals surface area (Å²) >= 11 is 0. The number of rotatable bonds is 7. The fraction of sp³-hybridized carbons (Fsp3) is 0.471. The Kier molecular flexibility index (Phi) is 4.69. The number of amides is 1. The van der Waals surface area contributed by atoms with Gasteiger partial charge in [-0.05, 0) is 36.8 Å². The van der Waals surface area contributed by atoms with Gasteiger partial charge in [-0.15, -0.1) is 5.10 Å². The fourth-order valence-electron chi connectivity index (χ4n) is 2.73. The minimum atomic E-state index is -0.0540. The number of anilines is 1. The van der Waals surface area contributed by atoms with E-state index in [-0.39, 0.29) is 11.9 Å². The molecule has 0 radical (unpaired) electrons. The molecule has 2 N–H and O–H groups in total. The van der Waals surface area contributed by atoms with Crippen LogP contribution in [-0.4, -0.2) is 35.3 Å². The molecule has 0 spiro atoms. The maximum atomic E-state index is 12.1. The minimum Gasteiger partial charge on any atom is -0.497 e. The summed E-state index contributed by atoms with van der Waals surface area (Å²) in [5, 5.41) is 9.64. The number of ether oxygens (including phenoxy) is 2. The third-order valence-electron chi connectivity index (χ3n) is 4.33. The number of hydrogen-bond acceptors (Lipinski definition) is 5. The summed E-state index contributed by atoms with van der Waals surface area (Å²) in [5.74, 6) is 3.16. The molecule has 1 fully saturated rings. The number of benzene rings is 1. The number of H-pyrrole nitrogens is 1. The molecule has 1 saturated carbocycles. The van der Waals surface area contributed by atoms with E-state index >= 15 is 0 Å². The van der Waals surface area contributed by atoms with Crippen LogP contribution < -0.4 is 14.8 Å². The van der Waals surface area contributed by atoms with Gasteiger partial charge in [0.1, 0.15) is 11.5 Å². The summed E-state index contributed by atoms with van der Waals surface area (Å²) in [4.78, 5) is 16.4. The second-order valence-corrected chi connectivity index (χ2v) is 6.14. The van der Waals surface area contributed by atoms with E-state index in [1.54, 1.807) is 20.3 Å². The average molecular weight is 330 g/mol. The molecule has 3 rings (SSSR count). The first-order chi connectivity index (χ1) is 11.6. The Balaban J connectivity index is 1.69. The molecule has 7 heteroatoms. The standard InChI is InChI=1S/C17H22N4O3/c1-10(11-4-5-11)8-15(22)18-17-19-16(20-21-17)13-7-6-12(23-2)9-14(13)24-3/h6-7,9-11H,4-5,8H2,1-3H3,(H2,18,19,20,21,22)/t10-/m0/s1. The maximum Gasteiger partial charge on any atom is 0.249 e. The van der Waals surface area contributed by atoms with E-state index in [9.17, 15) is 4.79 Å². The van der Waals surface area contributed by atoms with Gasteiger partial charge in [0.15, 0.2) is 5.82 Å². The van der Waals surface area contributed by atoms with E-state index < -0.39 is 0 Å². The summed E-state index contributed by atoms with van der Waals surface area (Å²) in [6.07, 6.45) is 2.97. The highest BCUT2D eigenvalue weighted by Crippen LogP contribution is 2.38. The molecule has 2 aromatic rings. The van der Waals surface area contributed by atoms with Crippen molar-refractivity contribution < 1.29 is 14.3 Å². The largest absolute Gasteiger partial charge is 0.497 e. The van der Waals surface area contributed by atoms with Crippen LogP contribution in [0.25, 0.3) is 11.4 Å². The Morgan fingerprint density at radius 2 is 2.17 bits per heavy atom. The zero-order chi connectivity index (χ0) is 17.1. The molecular weight excluding hydrogens is 308 g/mol. The number of carbonyl (C=O) groups excluding carboxylic acids is 1. The molecule has 0 aliphatic heterocycles. The van der Waals surface area contributed by atoms with Gasteiger partial charge in [-0.3, -0.25) is 15.2 Å². The van der Waals surface area contributed by atoms with Crippen molar-refractivity contribution in [2.45, 2.75) is 26.2 Å². The third kappa shape index (κ3) is 3.67. The molecular formula is C17H22N4O3. The van der Waals surface area contributed by atoms with E-state index in [1.807, 2.05) is 12.1 Å². The number of aromatic amines is 1. The Hall–Kier alpha value is -2.57. The van der Waals surface area contributed by atoms with E-state index in [2.05, 4.69) is 27.4 Å². The molecule has 0 saturated heterocycles. The molecule has 1 aliphatic carbocycles. The predicted molar refractivity (Wildman–Crippen MR) is 90.1 cm³/mol. The van der Waals surface area contributed by atoms with Crippen LogP contribution in [0, 0.1) is 11.8 Å². The smallest absolute Gasteiger partial charge is 0.249 e. The Bertz CT molecular complexity index is 724. The lowest BCUT2D eigenvalue weighted by Gasteiger charge is -2.08. The monoisotopic (exact) mass is 330 g/mol. The van der Waals surface area contributed by atoms with Crippen molar-refractivity contribution in [1.82, 2.24) is 15.2 Å². The molecule has 1 aromatic carbocycles. The second kappa shape index (κ2) is 6.90. The molecule has 0 bridgehead atoms. The van der Waals surface area contributed by atoms with Crippen LogP contribution in [0.3, 0.4) is 0 Å². The van der Waals surface area contributed by atoms with Gasteiger partial charge in [-0.2, -0.15) is 4.98 Å². The van der Waals surface area contributed by atoms with Gasteiger partial charge in [0, 0.05) is 12.5 Å². The van der Waals surface area contributed by atoms with Crippen molar-refractivity contribution in [2.75, 3.05) is 19.5 Å². The van der Waals surface area contributed by atoms with E-state index in [4.69, 9.17) is 9.47 Å². The zero-order valence-corrected chi connectivity index (χ0v) is 14.1. The van der Waals surface area contributed by atoms with Crippen LogP contribution in [0.5, 0.6) is 11.5 Å². The summed E-state index contributed by atoms with van der Waals surface area (Å²) in [7, 11) is 3.18. The zero-order valence-electron chi connectivity index (χ0n) is 14.1. The first-order valence-electron chi connectivity index (χ1n) is 8.05. The van der Waals surface area contributed by atoms with E-state index in [0.717, 1.165) is 5.56 Å². The lowest BCUT2D eigenvalue weighted by molar-refractivity contribution is -0.117. The topological polar surface area (TPSA) is 89.1 Å². The van der Waals surface area contributed by atoms with Gasteiger partial charge < -0.3 is 9.47 Å². The first-order valence-corrected chi connectivity index (χ1v) is 8.05. The van der Waals surface area contributed by atoms with Gasteiger partial charge in [0.2, 0.25) is 11.9 Å². The van der Waals surface area contributed by atoms with Gasteiger partial charge in [-0.1, -0.05) is 6.92 Å². The van der Waals surface area contributed by atoms with Gasteiger partial charge >= 0.3 is 0 Å². The number of nitrogens with zero attached hydrogens (tertiary/aromatic N) is 2. The number of methoxy groups -OCH3 is 2.